The zero-order valence-electron chi connectivity index (χ0n) is 10.2. The standard InChI is InChI=1S/C13H16N2O2/c1-10(16)14-13(17)12(9-15(2)3)11-7-5-4-6-8-11/h4-9H,1-3H3,(H,14,16,17). The van der Waals surface area contributed by atoms with Gasteiger partial charge in [-0.15, -0.1) is 0 Å². The Hall–Kier alpha value is -2.10. The van der Waals surface area contributed by atoms with E-state index in [2.05, 4.69) is 5.32 Å². The Labute approximate surface area is 101 Å². The Kier molecular flexibility index (Phi) is 4.46. The molecule has 1 rings (SSSR count). The number of amides is 2. The van der Waals surface area contributed by atoms with E-state index in [-0.39, 0.29) is 5.91 Å². The zero-order chi connectivity index (χ0) is 12.8. The van der Waals surface area contributed by atoms with Gasteiger partial charge in [-0.3, -0.25) is 14.9 Å². The summed E-state index contributed by atoms with van der Waals surface area (Å²) in [4.78, 5) is 24.5. The molecule has 0 saturated heterocycles. The maximum Gasteiger partial charge on any atom is 0.259 e. The molecule has 17 heavy (non-hydrogen) atoms. The Morgan fingerprint density at radius 1 is 1.18 bits per heavy atom. The summed E-state index contributed by atoms with van der Waals surface area (Å²) in [7, 11) is 3.65. The highest BCUT2D eigenvalue weighted by Gasteiger charge is 2.13. The van der Waals surface area contributed by atoms with E-state index in [0.29, 0.717) is 5.57 Å². The van der Waals surface area contributed by atoms with E-state index in [4.69, 9.17) is 0 Å². The van der Waals surface area contributed by atoms with Gasteiger partial charge in [-0.05, 0) is 5.56 Å². The molecule has 0 aliphatic carbocycles. The van der Waals surface area contributed by atoms with Crippen LogP contribution in [0.2, 0.25) is 0 Å². The SMILES string of the molecule is CC(=O)NC(=O)C(=CN(C)C)c1ccccc1. The maximum atomic E-state index is 11.9. The van der Waals surface area contributed by atoms with Crippen molar-refractivity contribution in [3.8, 4) is 0 Å². The third kappa shape index (κ3) is 4.10. The molecule has 0 radical (unpaired) electrons. The van der Waals surface area contributed by atoms with Gasteiger partial charge in [0.15, 0.2) is 0 Å². The lowest BCUT2D eigenvalue weighted by Gasteiger charge is -2.11. The van der Waals surface area contributed by atoms with E-state index in [1.54, 1.807) is 11.1 Å². The monoisotopic (exact) mass is 232 g/mol. The average Bonchev–Trinajstić information content (AvgIpc) is 2.25. The lowest BCUT2D eigenvalue weighted by atomic mass is 10.1. The molecule has 1 aromatic carbocycles. The molecule has 1 aromatic rings. The Morgan fingerprint density at radius 2 is 1.76 bits per heavy atom. The van der Waals surface area contributed by atoms with E-state index in [9.17, 15) is 9.59 Å². The number of carbonyl (C=O) groups excluding carboxylic acids is 2. The van der Waals surface area contributed by atoms with Crippen LogP contribution in [0.5, 0.6) is 0 Å². The van der Waals surface area contributed by atoms with Crippen LogP contribution in [0.4, 0.5) is 0 Å². The smallest absolute Gasteiger partial charge is 0.259 e. The number of rotatable bonds is 3. The van der Waals surface area contributed by atoms with Gasteiger partial charge in [0.25, 0.3) is 5.91 Å². The first-order valence-electron chi connectivity index (χ1n) is 5.26. The Morgan fingerprint density at radius 3 is 2.24 bits per heavy atom. The molecular weight excluding hydrogens is 216 g/mol. The molecule has 0 atom stereocenters. The van der Waals surface area contributed by atoms with Gasteiger partial charge in [0.05, 0.1) is 5.57 Å². The molecule has 90 valence electrons. The van der Waals surface area contributed by atoms with Crippen LogP contribution >= 0.6 is 0 Å². The lowest BCUT2D eigenvalue weighted by molar-refractivity contribution is -0.126. The second-order valence-electron chi connectivity index (χ2n) is 3.88. The predicted octanol–water partition coefficient (Wildman–Crippen LogP) is 1.25. The van der Waals surface area contributed by atoms with Crippen molar-refractivity contribution in [2.75, 3.05) is 14.1 Å². The van der Waals surface area contributed by atoms with Crippen LogP contribution < -0.4 is 5.32 Å². The van der Waals surface area contributed by atoms with Crippen molar-refractivity contribution >= 4 is 17.4 Å². The number of nitrogens with one attached hydrogen (secondary N) is 1. The first-order chi connectivity index (χ1) is 8.00. The highest BCUT2D eigenvalue weighted by molar-refractivity contribution is 6.23. The fraction of sp³-hybridized carbons (Fsp3) is 0.231. The predicted molar refractivity (Wildman–Crippen MR) is 66.9 cm³/mol. The molecule has 0 aliphatic rings. The summed E-state index contributed by atoms with van der Waals surface area (Å²) in [5.74, 6) is -0.756. The number of hydrogen-bond acceptors (Lipinski definition) is 3. The van der Waals surface area contributed by atoms with Gasteiger partial charge < -0.3 is 4.90 Å². The highest BCUT2D eigenvalue weighted by Crippen LogP contribution is 2.14. The first kappa shape index (κ1) is 13.0. The van der Waals surface area contributed by atoms with Crippen molar-refractivity contribution in [1.29, 1.82) is 0 Å². The molecule has 0 unspecified atom stereocenters. The van der Waals surface area contributed by atoms with Crippen molar-refractivity contribution in [1.82, 2.24) is 10.2 Å². The molecule has 2 amide bonds. The number of carbonyl (C=O) groups is 2. The molecule has 0 aliphatic heterocycles. The third-order valence-corrected chi connectivity index (χ3v) is 2.01. The number of hydrogen-bond donors (Lipinski definition) is 1. The molecule has 0 saturated carbocycles. The van der Waals surface area contributed by atoms with Gasteiger partial charge in [0.2, 0.25) is 5.91 Å². The van der Waals surface area contributed by atoms with Gasteiger partial charge in [-0.2, -0.15) is 0 Å². The maximum absolute atomic E-state index is 11.9. The Bertz CT molecular complexity index is 436. The summed E-state index contributed by atoms with van der Waals surface area (Å²) in [6, 6.07) is 9.23. The van der Waals surface area contributed by atoms with Crippen molar-refractivity contribution in [2.45, 2.75) is 6.92 Å². The van der Waals surface area contributed by atoms with Crippen molar-refractivity contribution in [2.24, 2.45) is 0 Å². The van der Waals surface area contributed by atoms with Gasteiger partial charge in [0, 0.05) is 27.2 Å². The molecule has 0 spiro atoms. The van der Waals surface area contributed by atoms with Crippen LogP contribution in [0.25, 0.3) is 5.57 Å². The van der Waals surface area contributed by atoms with Crippen LogP contribution in [0, 0.1) is 0 Å². The normalized spacial score (nSPS) is 10.9. The fourth-order valence-corrected chi connectivity index (χ4v) is 1.37. The summed E-state index contributed by atoms with van der Waals surface area (Å²) < 4.78 is 0. The molecule has 0 aromatic heterocycles. The van der Waals surface area contributed by atoms with Crippen molar-refractivity contribution in [3.63, 3.8) is 0 Å². The second kappa shape index (κ2) is 5.84. The van der Waals surface area contributed by atoms with Gasteiger partial charge in [-0.25, -0.2) is 0 Å². The molecule has 0 bridgehead atoms. The average molecular weight is 232 g/mol. The van der Waals surface area contributed by atoms with Crippen LogP contribution in [-0.2, 0) is 9.59 Å². The van der Waals surface area contributed by atoms with Crippen molar-refractivity contribution in [3.05, 3.63) is 42.1 Å². The summed E-state index contributed by atoms with van der Waals surface area (Å²) in [6.07, 6.45) is 1.69. The largest absolute Gasteiger partial charge is 0.383 e. The van der Waals surface area contributed by atoms with E-state index in [0.717, 1.165) is 5.56 Å². The minimum atomic E-state index is -0.391. The molecular formula is C13H16N2O2. The molecule has 1 N–H and O–H groups in total. The van der Waals surface area contributed by atoms with Crippen LogP contribution in [-0.4, -0.2) is 30.8 Å². The summed E-state index contributed by atoms with van der Waals surface area (Å²) in [5, 5.41) is 2.27. The molecule has 4 nitrogen and oxygen atoms in total. The third-order valence-electron chi connectivity index (χ3n) is 2.01. The number of benzene rings is 1. The fourth-order valence-electron chi connectivity index (χ4n) is 1.37. The van der Waals surface area contributed by atoms with E-state index in [1.807, 2.05) is 44.4 Å². The van der Waals surface area contributed by atoms with E-state index in [1.165, 1.54) is 6.92 Å². The highest BCUT2D eigenvalue weighted by atomic mass is 16.2. The quantitative estimate of drug-likeness (QED) is 0.798. The summed E-state index contributed by atoms with van der Waals surface area (Å²) in [5.41, 5.74) is 1.24. The summed E-state index contributed by atoms with van der Waals surface area (Å²) >= 11 is 0. The topological polar surface area (TPSA) is 49.4 Å². The van der Waals surface area contributed by atoms with E-state index < -0.39 is 5.91 Å². The van der Waals surface area contributed by atoms with Gasteiger partial charge in [0.1, 0.15) is 0 Å². The molecule has 4 heteroatoms. The van der Waals surface area contributed by atoms with Crippen LogP contribution in [0.15, 0.2) is 36.5 Å². The second-order valence-corrected chi connectivity index (χ2v) is 3.88. The van der Waals surface area contributed by atoms with Crippen LogP contribution in [0.1, 0.15) is 12.5 Å². The van der Waals surface area contributed by atoms with Crippen LogP contribution in [0.3, 0.4) is 0 Å². The molecule has 0 fully saturated rings. The van der Waals surface area contributed by atoms with E-state index >= 15 is 0 Å². The number of nitrogens with zero attached hydrogens (tertiary/aromatic N) is 1. The first-order valence-corrected chi connectivity index (χ1v) is 5.26. The minimum Gasteiger partial charge on any atom is -0.383 e. The number of imide groups is 1. The van der Waals surface area contributed by atoms with Crippen molar-refractivity contribution < 1.29 is 9.59 Å². The lowest BCUT2D eigenvalue weighted by Crippen LogP contribution is -2.29. The van der Waals surface area contributed by atoms with Gasteiger partial charge in [-0.1, -0.05) is 30.3 Å². The Balaban J connectivity index is 3.06. The zero-order valence-corrected chi connectivity index (χ0v) is 10.2. The minimum absolute atomic E-state index is 0.365. The summed E-state index contributed by atoms with van der Waals surface area (Å²) in [6.45, 7) is 1.32. The molecule has 0 heterocycles. The van der Waals surface area contributed by atoms with Gasteiger partial charge >= 0.3 is 0 Å².